The molecule has 4 rings (SSSR count). The minimum atomic E-state index is -1.05. The smallest absolute Gasteiger partial charge is 0.407 e. The maximum absolute atomic E-state index is 12.2. The molecule has 8 nitrogen and oxygen atoms in total. The summed E-state index contributed by atoms with van der Waals surface area (Å²) in [4.78, 5) is 35.6. The van der Waals surface area contributed by atoms with Crippen molar-refractivity contribution in [3.05, 3.63) is 59.7 Å². The average Bonchev–Trinajstić information content (AvgIpc) is 3.19. The van der Waals surface area contributed by atoms with E-state index >= 15 is 0 Å². The molecule has 3 unspecified atom stereocenters. The van der Waals surface area contributed by atoms with E-state index in [0.717, 1.165) is 35.1 Å². The third-order valence-electron chi connectivity index (χ3n) is 6.97. The second-order valence-corrected chi connectivity index (χ2v) is 9.44. The topological polar surface area (TPSA) is 125 Å². The van der Waals surface area contributed by atoms with Crippen molar-refractivity contribution in [3.8, 4) is 11.1 Å². The van der Waals surface area contributed by atoms with Crippen LogP contribution in [0.15, 0.2) is 48.5 Å². The number of hydrogen-bond donors (Lipinski definition) is 4. The third kappa shape index (κ3) is 6.19. The first-order valence-electron chi connectivity index (χ1n) is 12.2. The highest BCUT2D eigenvalue weighted by Gasteiger charge is 2.29. The van der Waals surface area contributed by atoms with Crippen LogP contribution in [0.2, 0.25) is 0 Å². The second-order valence-electron chi connectivity index (χ2n) is 9.44. The summed E-state index contributed by atoms with van der Waals surface area (Å²) in [6.45, 7) is 0.471. The number of hydrogen-bond acceptors (Lipinski definition) is 5. The fourth-order valence-corrected chi connectivity index (χ4v) is 5.17. The van der Waals surface area contributed by atoms with E-state index in [2.05, 4.69) is 22.8 Å². The van der Waals surface area contributed by atoms with Crippen LogP contribution in [-0.2, 0) is 14.3 Å². The van der Waals surface area contributed by atoms with Gasteiger partial charge in [0.25, 0.3) is 0 Å². The molecule has 2 aromatic carbocycles. The molecule has 1 fully saturated rings. The van der Waals surface area contributed by atoms with Gasteiger partial charge >= 0.3 is 12.1 Å². The van der Waals surface area contributed by atoms with E-state index in [0.29, 0.717) is 19.4 Å². The number of aliphatic hydroxyl groups excluding tert-OH is 1. The van der Waals surface area contributed by atoms with Gasteiger partial charge in [0.1, 0.15) is 6.61 Å². The van der Waals surface area contributed by atoms with E-state index in [4.69, 9.17) is 4.74 Å². The Morgan fingerprint density at radius 2 is 1.63 bits per heavy atom. The van der Waals surface area contributed by atoms with Gasteiger partial charge in [0.15, 0.2) is 0 Å². The Labute approximate surface area is 204 Å². The van der Waals surface area contributed by atoms with E-state index in [1.165, 1.54) is 0 Å². The molecule has 0 spiro atoms. The molecule has 2 aliphatic carbocycles. The Kier molecular flexibility index (Phi) is 8.02. The average molecular weight is 481 g/mol. The zero-order valence-corrected chi connectivity index (χ0v) is 19.6. The van der Waals surface area contributed by atoms with E-state index in [1.54, 1.807) is 0 Å². The summed E-state index contributed by atoms with van der Waals surface area (Å²) in [5.74, 6) is -1.38. The molecule has 3 atom stereocenters. The first kappa shape index (κ1) is 24.7. The molecule has 8 heteroatoms. The van der Waals surface area contributed by atoms with Crippen LogP contribution < -0.4 is 10.6 Å². The number of fused-ring (bicyclic) bond motifs is 3. The third-order valence-corrected chi connectivity index (χ3v) is 6.97. The zero-order valence-electron chi connectivity index (χ0n) is 19.6. The van der Waals surface area contributed by atoms with Gasteiger partial charge in [0.2, 0.25) is 5.91 Å². The predicted molar refractivity (Wildman–Crippen MR) is 130 cm³/mol. The summed E-state index contributed by atoms with van der Waals surface area (Å²) in [6.07, 6.45) is 1.11. The molecular formula is C27H32N2O6. The molecule has 1 saturated carbocycles. The lowest BCUT2D eigenvalue weighted by Crippen LogP contribution is -2.38. The van der Waals surface area contributed by atoms with Gasteiger partial charge in [-0.05, 0) is 47.4 Å². The van der Waals surface area contributed by atoms with Gasteiger partial charge in [0.05, 0.1) is 18.4 Å². The zero-order chi connectivity index (χ0) is 24.8. The highest BCUT2D eigenvalue weighted by atomic mass is 16.5. The van der Waals surface area contributed by atoms with Crippen LogP contribution in [0.5, 0.6) is 0 Å². The number of aliphatic carboxylic acids is 1. The first-order chi connectivity index (χ1) is 16.9. The van der Waals surface area contributed by atoms with E-state index in [1.807, 2.05) is 36.4 Å². The number of carbonyl (C=O) groups excluding carboxylic acids is 2. The number of nitrogens with one attached hydrogen (secondary N) is 2. The molecule has 0 heterocycles. The van der Waals surface area contributed by atoms with E-state index in [-0.39, 0.29) is 43.2 Å². The SMILES string of the molecule is O=C(CC(O)CNC(=O)OCC1c2ccccc2-c2ccccc21)NCC1CCCC(C(=O)O)C1. The Morgan fingerprint density at radius 1 is 0.971 bits per heavy atom. The van der Waals surface area contributed by atoms with Crippen molar-refractivity contribution in [2.75, 3.05) is 19.7 Å². The summed E-state index contributed by atoms with van der Waals surface area (Å²) < 4.78 is 5.44. The van der Waals surface area contributed by atoms with Crippen molar-refractivity contribution in [2.45, 2.75) is 44.1 Å². The van der Waals surface area contributed by atoms with Crippen LogP contribution in [0, 0.1) is 11.8 Å². The van der Waals surface area contributed by atoms with Crippen molar-refractivity contribution in [2.24, 2.45) is 11.8 Å². The molecule has 2 amide bonds. The molecule has 0 aliphatic heterocycles. The molecule has 0 bridgehead atoms. The highest BCUT2D eigenvalue weighted by molar-refractivity contribution is 5.79. The van der Waals surface area contributed by atoms with Gasteiger partial charge in [-0.1, -0.05) is 55.0 Å². The van der Waals surface area contributed by atoms with Crippen molar-refractivity contribution in [1.29, 1.82) is 0 Å². The quantitative estimate of drug-likeness (QED) is 0.437. The van der Waals surface area contributed by atoms with E-state index < -0.39 is 18.2 Å². The summed E-state index contributed by atoms with van der Waals surface area (Å²) in [7, 11) is 0. The highest BCUT2D eigenvalue weighted by Crippen LogP contribution is 2.44. The molecule has 35 heavy (non-hydrogen) atoms. The molecule has 4 N–H and O–H groups in total. The normalized spacial score (nSPS) is 19.8. The number of carboxylic acid groups (broad SMARTS) is 1. The predicted octanol–water partition coefficient (Wildman–Crippen LogP) is 3.28. The number of amides is 2. The first-order valence-corrected chi connectivity index (χ1v) is 12.2. The van der Waals surface area contributed by atoms with Crippen LogP contribution in [0.1, 0.15) is 49.1 Å². The molecule has 0 aromatic heterocycles. The van der Waals surface area contributed by atoms with Gasteiger partial charge < -0.3 is 25.6 Å². The summed E-state index contributed by atoms with van der Waals surface area (Å²) >= 11 is 0. The van der Waals surface area contributed by atoms with Crippen molar-refractivity contribution in [1.82, 2.24) is 10.6 Å². The number of carbonyl (C=O) groups is 3. The fraction of sp³-hybridized carbons (Fsp3) is 0.444. The van der Waals surface area contributed by atoms with Crippen LogP contribution in [0.25, 0.3) is 11.1 Å². The van der Waals surface area contributed by atoms with Crippen molar-refractivity contribution in [3.63, 3.8) is 0 Å². The van der Waals surface area contributed by atoms with Crippen LogP contribution in [-0.4, -0.2) is 54.0 Å². The Bertz CT molecular complexity index is 1030. The minimum Gasteiger partial charge on any atom is -0.481 e. The monoisotopic (exact) mass is 480 g/mol. The summed E-state index contributed by atoms with van der Waals surface area (Å²) in [5, 5.41) is 24.6. The molecule has 0 saturated heterocycles. The van der Waals surface area contributed by atoms with Crippen LogP contribution >= 0.6 is 0 Å². The van der Waals surface area contributed by atoms with Gasteiger partial charge in [-0.25, -0.2) is 4.79 Å². The Balaban J connectivity index is 1.17. The van der Waals surface area contributed by atoms with Crippen LogP contribution in [0.3, 0.4) is 0 Å². The second kappa shape index (κ2) is 11.4. The van der Waals surface area contributed by atoms with Crippen molar-refractivity contribution >= 4 is 18.0 Å². The number of ether oxygens (including phenoxy) is 1. The number of aliphatic hydroxyl groups is 1. The maximum atomic E-state index is 12.2. The number of benzene rings is 2. The largest absolute Gasteiger partial charge is 0.481 e. The molecular weight excluding hydrogens is 448 g/mol. The molecule has 2 aromatic rings. The van der Waals surface area contributed by atoms with Crippen molar-refractivity contribution < 1.29 is 29.3 Å². The number of rotatable bonds is 9. The van der Waals surface area contributed by atoms with Gasteiger partial charge in [0, 0.05) is 19.0 Å². The van der Waals surface area contributed by atoms with Crippen LogP contribution in [0.4, 0.5) is 4.79 Å². The number of carboxylic acids is 1. The molecule has 0 radical (unpaired) electrons. The lowest BCUT2D eigenvalue weighted by atomic mass is 9.81. The summed E-state index contributed by atoms with van der Waals surface area (Å²) in [5.41, 5.74) is 4.52. The van der Waals surface area contributed by atoms with Gasteiger partial charge in [-0.15, -0.1) is 0 Å². The molecule has 2 aliphatic rings. The lowest BCUT2D eigenvalue weighted by Gasteiger charge is -2.26. The number of alkyl carbamates (subject to hydrolysis) is 1. The standard InChI is InChI=1S/C27H32N2O6/c30-19(13-25(31)28-14-17-6-5-7-18(12-17)26(32)33)15-29-27(34)35-16-24-22-10-3-1-8-20(22)21-9-2-4-11-23(21)24/h1-4,8-11,17-19,24,30H,5-7,12-16H2,(H,28,31)(H,29,34)(H,32,33). The summed E-state index contributed by atoms with van der Waals surface area (Å²) in [6, 6.07) is 16.1. The van der Waals surface area contributed by atoms with E-state index in [9.17, 15) is 24.6 Å². The Morgan fingerprint density at radius 3 is 2.29 bits per heavy atom. The molecule has 186 valence electrons. The lowest BCUT2D eigenvalue weighted by molar-refractivity contribution is -0.143. The van der Waals surface area contributed by atoms with Gasteiger partial charge in [-0.2, -0.15) is 0 Å². The fourth-order valence-electron chi connectivity index (χ4n) is 5.17. The van der Waals surface area contributed by atoms with Gasteiger partial charge in [-0.3, -0.25) is 9.59 Å². The minimum absolute atomic E-state index is 0.0515. The Hall–Kier alpha value is -3.39. The maximum Gasteiger partial charge on any atom is 0.407 e.